The number of aromatic nitrogens is 1. The van der Waals surface area contributed by atoms with E-state index < -0.39 is 11.9 Å². The summed E-state index contributed by atoms with van der Waals surface area (Å²) in [5.74, 6) is -1.84. The Labute approximate surface area is 181 Å². The van der Waals surface area contributed by atoms with E-state index in [1.165, 1.54) is 17.7 Å². The van der Waals surface area contributed by atoms with Crippen molar-refractivity contribution in [2.45, 2.75) is 40.0 Å². The Bertz CT molecular complexity index is 1120. The van der Waals surface area contributed by atoms with E-state index in [0.29, 0.717) is 11.6 Å². The largest absolute Gasteiger partial charge is 0.478 e. The molecule has 0 aliphatic rings. The van der Waals surface area contributed by atoms with Crippen molar-refractivity contribution in [1.82, 2.24) is 4.57 Å². The molecule has 0 aliphatic carbocycles. The van der Waals surface area contributed by atoms with Crippen LogP contribution in [0.15, 0.2) is 53.5 Å². The van der Waals surface area contributed by atoms with Crippen LogP contribution in [0.5, 0.6) is 0 Å². The van der Waals surface area contributed by atoms with Gasteiger partial charge in [-0.2, -0.15) is 0 Å². The van der Waals surface area contributed by atoms with Crippen molar-refractivity contribution in [2.75, 3.05) is 0 Å². The number of carboxylic acid groups (broad SMARTS) is 2. The average molecular weight is 418 g/mol. The van der Waals surface area contributed by atoms with Crippen LogP contribution < -0.4 is 0 Å². The first kappa shape index (κ1) is 22.0. The Balaban J connectivity index is 1.97. The highest BCUT2D eigenvalue weighted by Gasteiger charge is 2.16. The van der Waals surface area contributed by atoms with Crippen LogP contribution in [0, 0.1) is 13.8 Å². The predicted octanol–water partition coefficient (Wildman–Crippen LogP) is 5.75. The number of carbonyl (C=O) groups is 2. The summed E-state index contributed by atoms with van der Waals surface area (Å²) < 4.78 is 1.84. The maximum Gasteiger partial charge on any atom is 0.335 e. The molecule has 0 saturated heterocycles. The second kappa shape index (κ2) is 9.00. The van der Waals surface area contributed by atoms with Gasteiger partial charge in [0, 0.05) is 28.9 Å². The van der Waals surface area contributed by atoms with Crippen LogP contribution in [0.2, 0.25) is 0 Å². The van der Waals surface area contributed by atoms with Crippen molar-refractivity contribution in [3.8, 4) is 5.69 Å². The zero-order chi connectivity index (χ0) is 22.7. The molecule has 1 aromatic heterocycles. The zero-order valence-electron chi connectivity index (χ0n) is 18.1. The predicted molar refractivity (Wildman–Crippen MR) is 122 cm³/mol. The molecule has 0 saturated carbocycles. The van der Waals surface area contributed by atoms with Crippen molar-refractivity contribution in [3.05, 3.63) is 82.2 Å². The number of aliphatic imine (C=N–C) groups is 1. The number of hydrogen-bond donors (Lipinski definition) is 2. The number of nitrogens with zero attached hydrogens (tertiary/aromatic N) is 2. The molecule has 0 bridgehead atoms. The lowest BCUT2D eigenvalue weighted by molar-refractivity contribution is 0.0696. The minimum absolute atomic E-state index is 0.0704. The Hall–Kier alpha value is -3.67. The van der Waals surface area contributed by atoms with E-state index in [4.69, 9.17) is 0 Å². The van der Waals surface area contributed by atoms with Crippen molar-refractivity contribution < 1.29 is 19.8 Å². The van der Waals surface area contributed by atoms with Gasteiger partial charge in [-0.25, -0.2) is 9.59 Å². The second-order valence-corrected chi connectivity index (χ2v) is 7.70. The van der Waals surface area contributed by atoms with E-state index in [-0.39, 0.29) is 11.1 Å². The average Bonchev–Trinajstić information content (AvgIpc) is 3.04. The van der Waals surface area contributed by atoms with Gasteiger partial charge in [0.25, 0.3) is 0 Å². The van der Waals surface area contributed by atoms with Gasteiger partial charge in [0.2, 0.25) is 0 Å². The lowest BCUT2D eigenvalue weighted by Gasteiger charge is -2.12. The van der Waals surface area contributed by atoms with Gasteiger partial charge in [0.1, 0.15) is 0 Å². The number of aryl methyl sites for hydroxylation is 1. The molecule has 0 amide bonds. The van der Waals surface area contributed by atoms with E-state index in [1.807, 2.05) is 36.6 Å². The van der Waals surface area contributed by atoms with Gasteiger partial charge in [-0.3, -0.25) is 4.99 Å². The molecule has 6 heteroatoms. The molecule has 3 aromatic rings. The molecule has 1 atom stereocenters. The van der Waals surface area contributed by atoms with E-state index in [0.717, 1.165) is 35.1 Å². The summed E-state index contributed by atoms with van der Waals surface area (Å²) in [6.45, 7) is 8.15. The lowest BCUT2D eigenvalue weighted by Crippen LogP contribution is -2.07. The molecule has 0 fully saturated rings. The summed E-state index contributed by atoms with van der Waals surface area (Å²) in [7, 11) is 0. The van der Waals surface area contributed by atoms with Crippen LogP contribution in [0.4, 0.5) is 5.69 Å². The summed E-state index contributed by atoms with van der Waals surface area (Å²) in [6.07, 6.45) is 2.86. The first-order valence-electron chi connectivity index (χ1n) is 10.2. The molecule has 6 nitrogen and oxygen atoms in total. The second-order valence-electron chi connectivity index (χ2n) is 7.70. The molecule has 1 heterocycles. The molecular weight excluding hydrogens is 392 g/mol. The van der Waals surface area contributed by atoms with E-state index in [1.54, 1.807) is 6.21 Å². The fourth-order valence-corrected chi connectivity index (χ4v) is 3.57. The summed E-state index contributed by atoms with van der Waals surface area (Å²) in [4.78, 5) is 27.5. The monoisotopic (exact) mass is 418 g/mol. The van der Waals surface area contributed by atoms with Gasteiger partial charge < -0.3 is 14.8 Å². The molecule has 0 unspecified atom stereocenters. The quantitative estimate of drug-likeness (QED) is 0.478. The Morgan fingerprint density at radius 1 is 1.00 bits per heavy atom. The van der Waals surface area contributed by atoms with Crippen molar-refractivity contribution in [1.29, 1.82) is 0 Å². The van der Waals surface area contributed by atoms with Crippen molar-refractivity contribution in [3.63, 3.8) is 0 Å². The molecule has 2 N–H and O–H groups in total. The minimum atomic E-state index is -1.17. The SMILES string of the molecule is CC[C@@H](C)c1ccc(N=Cc2cc(C)n(-c3cc(C(=O)O)cc(C(=O)O)c3)c2C)cc1. The molecule has 3 rings (SSSR count). The van der Waals surface area contributed by atoms with Gasteiger partial charge in [-0.15, -0.1) is 0 Å². The van der Waals surface area contributed by atoms with Crippen LogP contribution in [0.3, 0.4) is 0 Å². The summed E-state index contributed by atoms with van der Waals surface area (Å²) in [5.41, 5.74) is 5.05. The summed E-state index contributed by atoms with van der Waals surface area (Å²) >= 11 is 0. The Morgan fingerprint density at radius 2 is 1.58 bits per heavy atom. The van der Waals surface area contributed by atoms with Gasteiger partial charge >= 0.3 is 11.9 Å². The van der Waals surface area contributed by atoms with Crippen LogP contribution >= 0.6 is 0 Å². The highest BCUT2D eigenvalue weighted by molar-refractivity contribution is 5.95. The standard InChI is InChI=1S/C25H26N2O4/c1-5-15(2)18-6-8-22(9-7-18)26-14-21-10-16(3)27(17(21)4)23-12-19(24(28)29)11-20(13-23)25(30)31/h6-15H,5H2,1-4H3,(H,28,29)(H,30,31)/t15-/m1/s1. The first-order valence-corrected chi connectivity index (χ1v) is 10.2. The van der Waals surface area contributed by atoms with Crippen molar-refractivity contribution >= 4 is 23.8 Å². The molecular formula is C25H26N2O4. The first-order chi connectivity index (χ1) is 14.7. The fraction of sp³-hybridized carbons (Fsp3) is 0.240. The van der Waals surface area contributed by atoms with Crippen LogP contribution in [-0.4, -0.2) is 32.9 Å². The number of carboxylic acids is 2. The maximum atomic E-state index is 11.5. The molecule has 0 aliphatic heterocycles. The maximum absolute atomic E-state index is 11.5. The number of benzene rings is 2. The van der Waals surface area contributed by atoms with Gasteiger partial charge in [-0.1, -0.05) is 26.0 Å². The molecule has 0 radical (unpaired) electrons. The molecule has 160 valence electrons. The van der Waals surface area contributed by atoms with E-state index in [2.05, 4.69) is 31.0 Å². The molecule has 31 heavy (non-hydrogen) atoms. The third-order valence-corrected chi connectivity index (χ3v) is 5.57. The molecule has 2 aromatic carbocycles. The van der Waals surface area contributed by atoms with Gasteiger partial charge in [0.15, 0.2) is 0 Å². The summed E-state index contributed by atoms with van der Waals surface area (Å²) in [6, 6.07) is 14.2. The lowest BCUT2D eigenvalue weighted by atomic mass is 9.99. The highest BCUT2D eigenvalue weighted by Crippen LogP contribution is 2.24. The third kappa shape index (κ3) is 4.74. The highest BCUT2D eigenvalue weighted by atomic mass is 16.4. The fourth-order valence-electron chi connectivity index (χ4n) is 3.57. The summed E-state index contributed by atoms with van der Waals surface area (Å²) in [5, 5.41) is 18.7. The van der Waals surface area contributed by atoms with Crippen LogP contribution in [-0.2, 0) is 0 Å². The van der Waals surface area contributed by atoms with E-state index >= 15 is 0 Å². The zero-order valence-corrected chi connectivity index (χ0v) is 18.1. The smallest absolute Gasteiger partial charge is 0.335 e. The number of aromatic carboxylic acids is 2. The van der Waals surface area contributed by atoms with Gasteiger partial charge in [-0.05, 0) is 68.1 Å². The number of rotatable bonds is 7. The van der Waals surface area contributed by atoms with Crippen molar-refractivity contribution in [2.24, 2.45) is 4.99 Å². The Morgan fingerprint density at radius 3 is 2.10 bits per heavy atom. The number of hydrogen-bond acceptors (Lipinski definition) is 3. The third-order valence-electron chi connectivity index (χ3n) is 5.57. The topological polar surface area (TPSA) is 91.9 Å². The molecule has 0 spiro atoms. The van der Waals surface area contributed by atoms with Gasteiger partial charge in [0.05, 0.1) is 16.8 Å². The van der Waals surface area contributed by atoms with Crippen LogP contribution in [0.1, 0.15) is 69.4 Å². The van der Waals surface area contributed by atoms with Crippen LogP contribution in [0.25, 0.3) is 5.69 Å². The normalized spacial score (nSPS) is 12.3. The van der Waals surface area contributed by atoms with E-state index in [9.17, 15) is 19.8 Å². The minimum Gasteiger partial charge on any atom is -0.478 e. The Kier molecular flexibility index (Phi) is 6.39.